The van der Waals surface area contributed by atoms with Gasteiger partial charge in [0.15, 0.2) is 0 Å². The molecule has 0 radical (unpaired) electrons. The molecule has 0 saturated carbocycles. The topological polar surface area (TPSA) is 111 Å². The average Bonchev–Trinajstić information content (AvgIpc) is 2.65. The van der Waals surface area contributed by atoms with E-state index < -0.39 is 10.0 Å². The van der Waals surface area contributed by atoms with E-state index in [1.165, 1.54) is 23.1 Å². The van der Waals surface area contributed by atoms with Crippen LogP contribution in [-0.2, 0) is 14.8 Å². The maximum atomic E-state index is 12.7. The third kappa shape index (κ3) is 4.39. The minimum absolute atomic E-state index is 0.0255. The fourth-order valence-electron chi connectivity index (χ4n) is 2.67. The van der Waals surface area contributed by atoms with Crippen molar-refractivity contribution in [3.8, 4) is 6.07 Å². The molecule has 1 atom stereocenters. The minimum atomic E-state index is -3.86. The third-order valence-corrected chi connectivity index (χ3v) is 5.95. The molecule has 2 rings (SSSR count). The molecule has 0 bridgehead atoms. The Balaban J connectivity index is 2.27. The molecule has 1 aliphatic rings. The fraction of sp³-hybridized carbons (Fsp3) is 0.471. The first-order valence-corrected chi connectivity index (χ1v) is 9.79. The SMILES string of the molecule is CCN(CC(C)C#N)C(=O)c1cccc(S(=O)(=O)N2CCNC(=O)C2)c1. The van der Waals surface area contributed by atoms with Gasteiger partial charge in [0.25, 0.3) is 5.91 Å². The number of nitriles is 1. The summed E-state index contributed by atoms with van der Waals surface area (Å²) in [5.74, 6) is -1.00. The van der Waals surface area contributed by atoms with E-state index in [9.17, 15) is 18.0 Å². The molecule has 26 heavy (non-hydrogen) atoms. The van der Waals surface area contributed by atoms with E-state index in [1.54, 1.807) is 19.9 Å². The molecule has 2 amide bonds. The number of carbonyl (C=O) groups excluding carboxylic acids is 2. The molecule has 0 aliphatic carbocycles. The lowest BCUT2D eigenvalue weighted by atomic mass is 10.1. The first-order chi connectivity index (χ1) is 12.3. The second-order valence-electron chi connectivity index (χ2n) is 6.09. The predicted octanol–water partition coefficient (Wildman–Crippen LogP) is 0.429. The van der Waals surface area contributed by atoms with Crippen LogP contribution in [0.4, 0.5) is 0 Å². The van der Waals surface area contributed by atoms with Crippen LogP contribution in [0.5, 0.6) is 0 Å². The summed E-state index contributed by atoms with van der Waals surface area (Å²) >= 11 is 0. The van der Waals surface area contributed by atoms with Gasteiger partial charge in [-0.05, 0) is 32.0 Å². The second-order valence-corrected chi connectivity index (χ2v) is 8.03. The Bertz CT molecular complexity index is 831. The van der Waals surface area contributed by atoms with Crippen molar-refractivity contribution in [2.24, 2.45) is 5.92 Å². The quantitative estimate of drug-likeness (QED) is 0.772. The second kappa shape index (κ2) is 8.29. The summed E-state index contributed by atoms with van der Waals surface area (Å²) in [6, 6.07) is 7.87. The Labute approximate surface area is 153 Å². The van der Waals surface area contributed by atoms with Crippen molar-refractivity contribution < 1.29 is 18.0 Å². The highest BCUT2D eigenvalue weighted by Gasteiger charge is 2.30. The highest BCUT2D eigenvalue weighted by Crippen LogP contribution is 2.19. The van der Waals surface area contributed by atoms with Crippen LogP contribution in [-0.4, -0.2) is 62.2 Å². The largest absolute Gasteiger partial charge is 0.354 e. The first-order valence-electron chi connectivity index (χ1n) is 8.35. The number of carbonyl (C=O) groups is 2. The van der Waals surface area contributed by atoms with E-state index in [2.05, 4.69) is 11.4 Å². The summed E-state index contributed by atoms with van der Waals surface area (Å²) in [4.78, 5) is 25.6. The van der Waals surface area contributed by atoms with Gasteiger partial charge >= 0.3 is 0 Å². The van der Waals surface area contributed by atoms with Crippen LogP contribution in [0.2, 0.25) is 0 Å². The zero-order valence-corrected chi connectivity index (χ0v) is 15.6. The molecule has 1 aliphatic heterocycles. The standard InChI is InChI=1S/C17H22N4O4S/c1-3-20(11-13(2)10-18)17(23)14-5-4-6-15(9-14)26(24,25)21-8-7-19-16(22)12-21/h4-6,9,13H,3,7-8,11-12H2,1-2H3,(H,19,22). The van der Waals surface area contributed by atoms with Gasteiger partial charge in [0, 0.05) is 31.7 Å². The number of benzene rings is 1. The lowest BCUT2D eigenvalue weighted by Gasteiger charge is -2.26. The smallest absolute Gasteiger partial charge is 0.253 e. The molecule has 1 aromatic carbocycles. The number of rotatable bonds is 6. The Morgan fingerprint density at radius 1 is 1.46 bits per heavy atom. The fourth-order valence-corrected chi connectivity index (χ4v) is 4.11. The molecular weight excluding hydrogens is 356 g/mol. The van der Waals surface area contributed by atoms with Crippen LogP contribution < -0.4 is 5.32 Å². The number of amides is 2. The van der Waals surface area contributed by atoms with Crippen molar-refractivity contribution >= 4 is 21.8 Å². The van der Waals surface area contributed by atoms with Crippen molar-refractivity contribution in [2.45, 2.75) is 18.7 Å². The van der Waals surface area contributed by atoms with Gasteiger partial charge in [-0.1, -0.05) is 6.07 Å². The zero-order chi connectivity index (χ0) is 19.3. The molecule has 1 unspecified atom stereocenters. The van der Waals surface area contributed by atoms with Crippen LogP contribution in [0.3, 0.4) is 0 Å². The lowest BCUT2D eigenvalue weighted by molar-refractivity contribution is -0.122. The summed E-state index contributed by atoms with van der Waals surface area (Å²) in [5.41, 5.74) is 0.236. The Morgan fingerprint density at radius 2 is 2.19 bits per heavy atom. The first kappa shape index (κ1) is 19.9. The lowest BCUT2D eigenvalue weighted by Crippen LogP contribution is -2.49. The zero-order valence-electron chi connectivity index (χ0n) is 14.8. The van der Waals surface area contributed by atoms with Crippen molar-refractivity contribution in [1.82, 2.24) is 14.5 Å². The van der Waals surface area contributed by atoms with Crippen molar-refractivity contribution in [3.05, 3.63) is 29.8 Å². The Kier molecular flexibility index (Phi) is 6.34. The average molecular weight is 378 g/mol. The summed E-state index contributed by atoms with van der Waals surface area (Å²) in [5, 5.41) is 11.5. The van der Waals surface area contributed by atoms with E-state index in [0.717, 1.165) is 4.31 Å². The van der Waals surface area contributed by atoms with E-state index in [1.807, 2.05) is 0 Å². The van der Waals surface area contributed by atoms with E-state index >= 15 is 0 Å². The maximum absolute atomic E-state index is 12.7. The number of nitrogens with zero attached hydrogens (tertiary/aromatic N) is 3. The predicted molar refractivity (Wildman–Crippen MR) is 94.6 cm³/mol. The van der Waals surface area contributed by atoms with Crippen molar-refractivity contribution in [3.63, 3.8) is 0 Å². The molecule has 1 heterocycles. The summed E-state index contributed by atoms with van der Waals surface area (Å²) in [6.45, 7) is 4.41. The molecular formula is C17H22N4O4S. The van der Waals surface area contributed by atoms with E-state index in [4.69, 9.17) is 5.26 Å². The summed E-state index contributed by atoms with van der Waals surface area (Å²) < 4.78 is 26.6. The molecule has 0 aromatic heterocycles. The van der Waals surface area contributed by atoms with E-state index in [0.29, 0.717) is 6.54 Å². The highest BCUT2D eigenvalue weighted by atomic mass is 32.2. The molecule has 9 heteroatoms. The van der Waals surface area contributed by atoms with Crippen LogP contribution in [0.25, 0.3) is 0 Å². The number of sulfonamides is 1. The van der Waals surface area contributed by atoms with Crippen LogP contribution in [0.1, 0.15) is 24.2 Å². The third-order valence-electron chi connectivity index (χ3n) is 4.11. The molecule has 1 N–H and O–H groups in total. The van der Waals surface area contributed by atoms with Gasteiger partial charge in [0.2, 0.25) is 15.9 Å². The normalized spacial score (nSPS) is 16.4. The number of hydrogen-bond donors (Lipinski definition) is 1. The van der Waals surface area contributed by atoms with Crippen LogP contribution in [0.15, 0.2) is 29.2 Å². The minimum Gasteiger partial charge on any atom is -0.354 e. The van der Waals surface area contributed by atoms with Crippen molar-refractivity contribution in [2.75, 3.05) is 32.7 Å². The van der Waals surface area contributed by atoms with Gasteiger partial charge in [0.1, 0.15) is 0 Å². The molecule has 140 valence electrons. The van der Waals surface area contributed by atoms with Crippen LogP contribution >= 0.6 is 0 Å². The van der Waals surface area contributed by atoms with Crippen LogP contribution in [0, 0.1) is 17.2 Å². The molecule has 1 fully saturated rings. The molecule has 1 saturated heterocycles. The van der Waals surface area contributed by atoms with Gasteiger partial charge in [0.05, 0.1) is 23.4 Å². The van der Waals surface area contributed by atoms with Gasteiger partial charge in [-0.15, -0.1) is 0 Å². The Hall–Kier alpha value is -2.44. The highest BCUT2D eigenvalue weighted by molar-refractivity contribution is 7.89. The van der Waals surface area contributed by atoms with Gasteiger partial charge in [-0.3, -0.25) is 9.59 Å². The van der Waals surface area contributed by atoms with Crippen molar-refractivity contribution in [1.29, 1.82) is 5.26 Å². The number of nitrogens with one attached hydrogen (secondary N) is 1. The van der Waals surface area contributed by atoms with Gasteiger partial charge in [-0.2, -0.15) is 9.57 Å². The van der Waals surface area contributed by atoms with Gasteiger partial charge in [-0.25, -0.2) is 8.42 Å². The molecule has 8 nitrogen and oxygen atoms in total. The summed E-state index contributed by atoms with van der Waals surface area (Å²) in [6.07, 6.45) is 0. The monoisotopic (exact) mass is 378 g/mol. The van der Waals surface area contributed by atoms with Gasteiger partial charge < -0.3 is 10.2 Å². The maximum Gasteiger partial charge on any atom is 0.253 e. The number of piperazine rings is 1. The summed E-state index contributed by atoms with van der Waals surface area (Å²) in [7, 11) is -3.86. The molecule has 0 spiro atoms. The number of hydrogen-bond acceptors (Lipinski definition) is 5. The Morgan fingerprint density at radius 3 is 2.81 bits per heavy atom. The molecule has 1 aromatic rings. The van der Waals surface area contributed by atoms with E-state index in [-0.39, 0.29) is 54.4 Å².